The Morgan fingerprint density at radius 3 is 2.05 bits per heavy atom. The molecular formula is C13H14F3NO3. The van der Waals surface area contributed by atoms with Gasteiger partial charge in [0.15, 0.2) is 0 Å². The minimum atomic E-state index is -4.94. The molecule has 0 radical (unpaired) electrons. The van der Waals surface area contributed by atoms with Gasteiger partial charge in [-0.15, -0.1) is 0 Å². The Bertz CT molecular complexity index is 507. The van der Waals surface area contributed by atoms with Gasteiger partial charge in [0.25, 0.3) is 0 Å². The first-order valence-corrected chi connectivity index (χ1v) is 5.73. The maximum Gasteiger partial charge on any atom is 0.471 e. The van der Waals surface area contributed by atoms with Gasteiger partial charge in [0.05, 0.1) is 6.42 Å². The second-order valence-corrected chi connectivity index (χ2v) is 4.98. The van der Waals surface area contributed by atoms with Crippen molar-refractivity contribution in [1.82, 2.24) is 0 Å². The molecule has 0 bridgehead atoms. The minimum absolute atomic E-state index is 0.00204. The largest absolute Gasteiger partial charge is 0.481 e. The topological polar surface area (TPSA) is 66.4 Å². The number of anilines is 1. The van der Waals surface area contributed by atoms with E-state index in [4.69, 9.17) is 5.11 Å². The van der Waals surface area contributed by atoms with E-state index in [9.17, 15) is 22.8 Å². The van der Waals surface area contributed by atoms with E-state index in [-0.39, 0.29) is 12.1 Å². The Kier molecular flexibility index (Phi) is 4.42. The number of hydrogen-bond acceptors (Lipinski definition) is 2. The highest BCUT2D eigenvalue weighted by Crippen LogP contribution is 2.28. The van der Waals surface area contributed by atoms with Crippen LogP contribution in [-0.2, 0) is 15.0 Å². The van der Waals surface area contributed by atoms with Gasteiger partial charge in [0.1, 0.15) is 0 Å². The van der Waals surface area contributed by atoms with Crippen molar-refractivity contribution in [1.29, 1.82) is 0 Å². The molecule has 1 amide bonds. The van der Waals surface area contributed by atoms with Gasteiger partial charge in [0, 0.05) is 11.1 Å². The summed E-state index contributed by atoms with van der Waals surface area (Å²) in [7, 11) is 0. The maximum absolute atomic E-state index is 12.1. The van der Waals surface area contributed by atoms with Gasteiger partial charge in [-0.05, 0) is 17.7 Å². The summed E-state index contributed by atoms with van der Waals surface area (Å²) in [4.78, 5) is 21.5. The lowest BCUT2D eigenvalue weighted by Gasteiger charge is -2.23. The third-order valence-electron chi connectivity index (χ3n) is 2.77. The number of hydrogen-bond donors (Lipinski definition) is 2. The lowest BCUT2D eigenvalue weighted by Crippen LogP contribution is -2.30. The molecule has 0 spiro atoms. The zero-order valence-corrected chi connectivity index (χ0v) is 10.9. The molecule has 20 heavy (non-hydrogen) atoms. The van der Waals surface area contributed by atoms with Crippen LogP contribution in [-0.4, -0.2) is 23.2 Å². The number of amides is 1. The molecule has 7 heteroatoms. The molecule has 0 aromatic heterocycles. The zero-order valence-electron chi connectivity index (χ0n) is 10.9. The molecule has 0 aliphatic carbocycles. The quantitative estimate of drug-likeness (QED) is 0.895. The molecule has 0 unspecified atom stereocenters. The van der Waals surface area contributed by atoms with Crippen LogP contribution in [0.1, 0.15) is 25.8 Å². The number of benzene rings is 1. The number of nitrogens with one attached hydrogen (secondary N) is 1. The summed E-state index contributed by atoms with van der Waals surface area (Å²) in [6.45, 7) is 3.43. The fraction of sp³-hybridized carbons (Fsp3) is 0.385. The number of carbonyl (C=O) groups excluding carboxylic acids is 1. The molecule has 0 saturated carbocycles. The first-order chi connectivity index (χ1) is 9.02. The fourth-order valence-electron chi connectivity index (χ4n) is 1.69. The molecule has 1 rings (SSSR count). The third-order valence-corrected chi connectivity index (χ3v) is 2.77. The smallest absolute Gasteiger partial charge is 0.471 e. The van der Waals surface area contributed by atoms with E-state index in [1.807, 2.05) is 0 Å². The van der Waals surface area contributed by atoms with Gasteiger partial charge >= 0.3 is 18.1 Å². The molecule has 0 atom stereocenters. The van der Waals surface area contributed by atoms with Crippen molar-refractivity contribution in [3.05, 3.63) is 29.8 Å². The molecular weight excluding hydrogens is 275 g/mol. The van der Waals surface area contributed by atoms with E-state index in [0.29, 0.717) is 5.56 Å². The average molecular weight is 289 g/mol. The number of carbonyl (C=O) groups is 2. The summed E-state index contributed by atoms with van der Waals surface area (Å²) in [6.07, 6.45) is -5.05. The van der Waals surface area contributed by atoms with Crippen molar-refractivity contribution < 1.29 is 27.9 Å². The molecule has 0 saturated heterocycles. The third kappa shape index (κ3) is 4.25. The number of carboxylic acid groups (broad SMARTS) is 1. The molecule has 4 nitrogen and oxygen atoms in total. The summed E-state index contributed by atoms with van der Waals surface area (Å²) < 4.78 is 36.2. The summed E-state index contributed by atoms with van der Waals surface area (Å²) in [6, 6.07) is 5.61. The summed E-state index contributed by atoms with van der Waals surface area (Å²) >= 11 is 0. The predicted octanol–water partition coefficient (Wildman–Crippen LogP) is 2.94. The second-order valence-electron chi connectivity index (χ2n) is 4.98. The van der Waals surface area contributed by atoms with Crippen LogP contribution in [0.15, 0.2) is 24.3 Å². The van der Waals surface area contributed by atoms with Crippen LogP contribution < -0.4 is 5.32 Å². The Morgan fingerprint density at radius 2 is 1.65 bits per heavy atom. The Balaban J connectivity index is 2.84. The SMILES string of the molecule is CC(C)(CC(=O)O)c1ccc(NC(=O)C(F)(F)F)cc1. The van der Waals surface area contributed by atoms with Crippen LogP contribution in [0.4, 0.5) is 18.9 Å². The van der Waals surface area contributed by atoms with Gasteiger partial charge in [0.2, 0.25) is 0 Å². The minimum Gasteiger partial charge on any atom is -0.481 e. The molecule has 0 fully saturated rings. The van der Waals surface area contributed by atoms with E-state index < -0.39 is 23.5 Å². The van der Waals surface area contributed by atoms with Gasteiger partial charge in [-0.2, -0.15) is 13.2 Å². The summed E-state index contributed by atoms with van der Waals surface area (Å²) in [5, 5.41) is 10.5. The number of halogens is 3. The van der Waals surface area contributed by atoms with Crippen LogP contribution in [0.25, 0.3) is 0 Å². The van der Waals surface area contributed by atoms with Gasteiger partial charge < -0.3 is 10.4 Å². The van der Waals surface area contributed by atoms with E-state index >= 15 is 0 Å². The monoisotopic (exact) mass is 289 g/mol. The molecule has 1 aromatic rings. The van der Waals surface area contributed by atoms with Crippen molar-refractivity contribution in [2.45, 2.75) is 31.9 Å². The van der Waals surface area contributed by atoms with Crippen LogP contribution in [0.5, 0.6) is 0 Å². The van der Waals surface area contributed by atoms with Crippen molar-refractivity contribution in [2.75, 3.05) is 5.32 Å². The number of rotatable bonds is 4. The van der Waals surface area contributed by atoms with Crippen LogP contribution in [0.3, 0.4) is 0 Å². The van der Waals surface area contributed by atoms with Crippen LogP contribution in [0, 0.1) is 0 Å². The van der Waals surface area contributed by atoms with Gasteiger partial charge in [-0.3, -0.25) is 9.59 Å². The highest BCUT2D eigenvalue weighted by Gasteiger charge is 2.38. The number of carboxylic acids is 1. The van der Waals surface area contributed by atoms with Crippen LogP contribution >= 0.6 is 0 Å². The zero-order chi connectivity index (χ0) is 15.6. The fourth-order valence-corrected chi connectivity index (χ4v) is 1.69. The molecule has 1 aromatic carbocycles. The Hall–Kier alpha value is -2.05. The standard InChI is InChI=1S/C13H14F3NO3/c1-12(2,7-10(18)19)8-3-5-9(6-4-8)17-11(20)13(14,15)16/h3-6H,7H2,1-2H3,(H,17,20)(H,18,19). The molecule has 0 heterocycles. The molecule has 0 aliphatic rings. The van der Waals surface area contributed by atoms with E-state index in [2.05, 4.69) is 0 Å². The van der Waals surface area contributed by atoms with Crippen molar-refractivity contribution in [3.63, 3.8) is 0 Å². The summed E-state index contributed by atoms with van der Waals surface area (Å²) in [5.74, 6) is -3.01. The predicted molar refractivity (Wildman–Crippen MR) is 66.4 cm³/mol. The van der Waals surface area contributed by atoms with Gasteiger partial charge in [-0.25, -0.2) is 0 Å². The van der Waals surface area contributed by atoms with E-state index in [1.54, 1.807) is 19.2 Å². The van der Waals surface area contributed by atoms with Crippen LogP contribution in [0.2, 0.25) is 0 Å². The highest BCUT2D eigenvalue weighted by molar-refractivity contribution is 5.94. The Labute approximate surface area is 113 Å². The van der Waals surface area contributed by atoms with E-state index in [1.165, 1.54) is 24.3 Å². The number of alkyl halides is 3. The van der Waals surface area contributed by atoms with Crippen molar-refractivity contribution in [2.24, 2.45) is 0 Å². The lowest BCUT2D eigenvalue weighted by atomic mass is 9.81. The molecule has 110 valence electrons. The molecule has 0 aliphatic heterocycles. The molecule has 2 N–H and O–H groups in total. The Morgan fingerprint density at radius 1 is 1.15 bits per heavy atom. The average Bonchev–Trinajstić information content (AvgIpc) is 2.26. The normalized spacial score (nSPS) is 12.1. The lowest BCUT2D eigenvalue weighted by molar-refractivity contribution is -0.167. The first-order valence-electron chi connectivity index (χ1n) is 5.73. The summed E-state index contributed by atoms with van der Waals surface area (Å²) in [5.41, 5.74) is 0.00499. The highest BCUT2D eigenvalue weighted by atomic mass is 19.4. The van der Waals surface area contributed by atoms with Crippen molar-refractivity contribution in [3.8, 4) is 0 Å². The second kappa shape index (κ2) is 5.52. The number of aliphatic carboxylic acids is 1. The first kappa shape index (κ1) is 16.0. The maximum atomic E-state index is 12.1. The van der Waals surface area contributed by atoms with E-state index in [0.717, 1.165) is 0 Å². The van der Waals surface area contributed by atoms with Gasteiger partial charge in [-0.1, -0.05) is 26.0 Å². The van der Waals surface area contributed by atoms with Crippen molar-refractivity contribution >= 4 is 17.6 Å².